The molecule has 3 heteroatoms. The van der Waals surface area contributed by atoms with Crippen LogP contribution in [0.2, 0.25) is 0 Å². The van der Waals surface area contributed by atoms with Crippen molar-refractivity contribution in [3.63, 3.8) is 0 Å². The minimum Gasteiger partial charge on any atom is -0.238 e. The van der Waals surface area contributed by atoms with Gasteiger partial charge in [0.05, 0.1) is 5.88 Å². The van der Waals surface area contributed by atoms with Gasteiger partial charge in [-0.25, -0.2) is 3.11 Å². The largest absolute Gasteiger partial charge is 0.238 e. The lowest BCUT2D eigenvalue weighted by molar-refractivity contribution is 0.569. The zero-order chi connectivity index (χ0) is 5.11. The van der Waals surface area contributed by atoms with Crippen LogP contribution >= 0.6 is 34.6 Å². The molecule has 0 aromatic carbocycles. The average molecular weight is 229 g/mol. The second-order valence-corrected chi connectivity index (χ2v) is 4.02. The number of hydrogen-bond donors (Lipinski definition) is 0. The molecule has 42 valence electrons. The summed E-state index contributed by atoms with van der Waals surface area (Å²) in [5.74, 6) is 2.58. The Kier molecular flexibility index (Phi) is 2.77. The molecule has 0 atom stereocenters. The molecule has 1 fully saturated rings. The van der Waals surface area contributed by atoms with Crippen LogP contribution in [0, 0.1) is 0 Å². The molecule has 0 N–H and O–H groups in total. The Morgan fingerprint density at radius 2 is 2.43 bits per heavy atom. The highest BCUT2D eigenvalue weighted by molar-refractivity contribution is 14.1. The van der Waals surface area contributed by atoms with E-state index in [1.165, 1.54) is 24.6 Å². The van der Waals surface area contributed by atoms with E-state index in [2.05, 4.69) is 26.0 Å². The second kappa shape index (κ2) is 3.14. The molecule has 0 bridgehead atoms. The highest BCUT2D eigenvalue weighted by atomic mass is 127. The van der Waals surface area contributed by atoms with Crippen LogP contribution in [0.15, 0.2) is 0 Å². The molecule has 0 aromatic heterocycles. The molecule has 0 spiro atoms. The Labute approximate surface area is 62.3 Å². The van der Waals surface area contributed by atoms with Crippen molar-refractivity contribution in [1.29, 1.82) is 0 Å². The Balaban J connectivity index is 2.12. The summed E-state index contributed by atoms with van der Waals surface area (Å²) in [4.78, 5) is 0. The van der Waals surface area contributed by atoms with Gasteiger partial charge in [0.1, 0.15) is 0 Å². The topological polar surface area (TPSA) is 3.24 Å². The fraction of sp³-hybridized carbons (Fsp3) is 1.00. The second-order valence-electron chi connectivity index (χ2n) is 1.58. The third-order valence-corrected chi connectivity index (χ3v) is 3.28. The van der Waals surface area contributed by atoms with E-state index in [4.69, 9.17) is 0 Å². The molecule has 0 saturated carbocycles. The van der Waals surface area contributed by atoms with Crippen LogP contribution in [0.3, 0.4) is 0 Å². The Morgan fingerprint density at radius 3 is 2.71 bits per heavy atom. The first-order valence-corrected chi connectivity index (χ1v) is 4.50. The molecule has 0 unspecified atom stereocenters. The summed E-state index contributed by atoms with van der Waals surface area (Å²) in [6.45, 7) is 1.29. The van der Waals surface area contributed by atoms with Gasteiger partial charge in [0.15, 0.2) is 0 Å². The molecule has 1 aliphatic heterocycles. The molecule has 0 aliphatic carbocycles. The standard InChI is InChI=1S/C4H8INS/c5-6-2-1-3-7-4-6/h1-4H2. The van der Waals surface area contributed by atoms with Gasteiger partial charge in [-0.05, 0) is 12.2 Å². The summed E-state index contributed by atoms with van der Waals surface area (Å²) in [6, 6.07) is 0. The first-order chi connectivity index (χ1) is 3.39. The molecule has 1 saturated heterocycles. The smallest absolute Gasteiger partial charge is 0.0538 e. The van der Waals surface area contributed by atoms with Gasteiger partial charge in [-0.3, -0.25) is 0 Å². The normalized spacial score (nSPS) is 25.3. The SMILES string of the molecule is IN1CCCSC1. The van der Waals surface area contributed by atoms with Crippen LogP contribution in [0.25, 0.3) is 0 Å². The van der Waals surface area contributed by atoms with Gasteiger partial charge in [-0.1, -0.05) is 0 Å². The van der Waals surface area contributed by atoms with Gasteiger partial charge in [-0.2, -0.15) is 0 Å². The molecule has 1 aliphatic rings. The van der Waals surface area contributed by atoms with Crippen LogP contribution in [0.5, 0.6) is 0 Å². The number of nitrogens with zero attached hydrogens (tertiary/aromatic N) is 1. The zero-order valence-electron chi connectivity index (χ0n) is 4.06. The first kappa shape index (κ1) is 6.16. The average Bonchev–Trinajstić information content (AvgIpc) is 1.69. The van der Waals surface area contributed by atoms with E-state index in [1.54, 1.807) is 0 Å². The predicted octanol–water partition coefficient (Wildman–Crippen LogP) is 1.73. The predicted molar refractivity (Wildman–Crippen MR) is 42.7 cm³/mol. The number of halogens is 1. The quantitative estimate of drug-likeness (QED) is 0.459. The molecule has 7 heavy (non-hydrogen) atoms. The maximum absolute atomic E-state index is 2.37. The van der Waals surface area contributed by atoms with Crippen LogP contribution in [-0.2, 0) is 0 Å². The summed E-state index contributed by atoms with van der Waals surface area (Å²) in [6.07, 6.45) is 1.37. The molecular weight excluding hydrogens is 221 g/mol. The molecule has 0 amide bonds. The lowest BCUT2D eigenvalue weighted by Crippen LogP contribution is -2.17. The van der Waals surface area contributed by atoms with Crippen LogP contribution in [-0.4, -0.2) is 21.3 Å². The van der Waals surface area contributed by atoms with Gasteiger partial charge in [0, 0.05) is 29.4 Å². The van der Waals surface area contributed by atoms with Gasteiger partial charge >= 0.3 is 0 Å². The third-order valence-electron chi connectivity index (χ3n) is 0.921. The Hall–Kier alpha value is 1.04. The lowest BCUT2D eigenvalue weighted by Gasteiger charge is -2.17. The van der Waals surface area contributed by atoms with Gasteiger partial charge in [0.2, 0.25) is 0 Å². The zero-order valence-corrected chi connectivity index (χ0v) is 7.04. The van der Waals surface area contributed by atoms with Crippen molar-refractivity contribution in [2.75, 3.05) is 18.2 Å². The van der Waals surface area contributed by atoms with E-state index in [-0.39, 0.29) is 0 Å². The fourth-order valence-corrected chi connectivity index (χ4v) is 2.29. The highest BCUT2D eigenvalue weighted by Crippen LogP contribution is 2.16. The van der Waals surface area contributed by atoms with Crippen molar-refractivity contribution < 1.29 is 0 Å². The Bertz CT molecular complexity index is 53.7. The summed E-state index contributed by atoms with van der Waals surface area (Å²) in [7, 11) is 0. The monoisotopic (exact) mass is 229 g/mol. The molecule has 0 aromatic rings. The van der Waals surface area contributed by atoms with Crippen LogP contribution in [0.1, 0.15) is 6.42 Å². The minimum absolute atomic E-state index is 1.22. The van der Waals surface area contributed by atoms with E-state index in [0.29, 0.717) is 0 Å². The number of hydrogen-bond acceptors (Lipinski definition) is 2. The van der Waals surface area contributed by atoms with E-state index in [1.807, 2.05) is 11.8 Å². The van der Waals surface area contributed by atoms with E-state index in [9.17, 15) is 0 Å². The highest BCUT2D eigenvalue weighted by Gasteiger charge is 2.04. The molecule has 1 rings (SSSR count). The maximum atomic E-state index is 2.37. The van der Waals surface area contributed by atoms with Crippen molar-refractivity contribution in [2.24, 2.45) is 0 Å². The number of thioether (sulfide) groups is 1. The number of rotatable bonds is 0. The van der Waals surface area contributed by atoms with Gasteiger partial charge in [-0.15, -0.1) is 11.8 Å². The van der Waals surface area contributed by atoms with Gasteiger partial charge in [0.25, 0.3) is 0 Å². The minimum atomic E-state index is 1.22. The van der Waals surface area contributed by atoms with Gasteiger partial charge < -0.3 is 0 Å². The van der Waals surface area contributed by atoms with Crippen LogP contribution in [0.4, 0.5) is 0 Å². The van der Waals surface area contributed by atoms with E-state index in [0.717, 1.165) is 0 Å². The Morgan fingerprint density at radius 1 is 1.57 bits per heavy atom. The maximum Gasteiger partial charge on any atom is 0.0538 e. The van der Waals surface area contributed by atoms with Crippen molar-refractivity contribution in [3.8, 4) is 0 Å². The molecule has 1 nitrogen and oxygen atoms in total. The van der Waals surface area contributed by atoms with Crippen molar-refractivity contribution in [2.45, 2.75) is 6.42 Å². The van der Waals surface area contributed by atoms with E-state index < -0.39 is 0 Å². The molecular formula is C4H8INS. The first-order valence-electron chi connectivity index (χ1n) is 2.38. The summed E-state index contributed by atoms with van der Waals surface area (Å²) in [5, 5.41) is 0. The van der Waals surface area contributed by atoms with Crippen molar-refractivity contribution in [3.05, 3.63) is 0 Å². The van der Waals surface area contributed by atoms with Crippen LogP contribution < -0.4 is 0 Å². The fourth-order valence-electron chi connectivity index (χ4n) is 0.566. The van der Waals surface area contributed by atoms with Crippen molar-refractivity contribution in [1.82, 2.24) is 3.11 Å². The van der Waals surface area contributed by atoms with E-state index >= 15 is 0 Å². The molecule has 0 radical (unpaired) electrons. The molecule has 1 heterocycles. The van der Waals surface area contributed by atoms with Crippen molar-refractivity contribution >= 4 is 34.6 Å². The lowest BCUT2D eigenvalue weighted by atomic mass is 10.5. The summed E-state index contributed by atoms with van der Waals surface area (Å²) in [5.41, 5.74) is 0. The summed E-state index contributed by atoms with van der Waals surface area (Å²) < 4.78 is 2.33. The third kappa shape index (κ3) is 2.19. The summed E-state index contributed by atoms with van der Waals surface area (Å²) >= 11 is 4.39.